The van der Waals surface area contributed by atoms with Gasteiger partial charge < -0.3 is 8.92 Å². The van der Waals surface area contributed by atoms with Gasteiger partial charge in [-0.2, -0.15) is 8.42 Å². The van der Waals surface area contributed by atoms with E-state index >= 15 is 0 Å². The maximum atomic E-state index is 12.4. The molecule has 0 bridgehead atoms. The molecule has 0 saturated carbocycles. The number of hydrogen-bond donors (Lipinski definition) is 0. The molecule has 156 valence electrons. The van der Waals surface area contributed by atoms with Crippen molar-refractivity contribution in [1.82, 2.24) is 0 Å². The Labute approximate surface area is 184 Å². The molecule has 0 aromatic heterocycles. The molecule has 31 heavy (non-hydrogen) atoms. The van der Waals surface area contributed by atoms with Crippen molar-refractivity contribution in [2.75, 3.05) is 0 Å². The normalized spacial score (nSPS) is 15.0. The van der Waals surface area contributed by atoms with Gasteiger partial charge in [0.15, 0.2) is 5.70 Å². The first-order chi connectivity index (χ1) is 14.8. The van der Waals surface area contributed by atoms with Gasteiger partial charge in [-0.1, -0.05) is 41.4 Å². The fourth-order valence-corrected chi connectivity index (χ4v) is 3.84. The Morgan fingerprint density at radius 2 is 1.58 bits per heavy atom. The van der Waals surface area contributed by atoms with Gasteiger partial charge in [-0.25, -0.2) is 9.79 Å². The van der Waals surface area contributed by atoms with Crippen molar-refractivity contribution < 1.29 is 22.1 Å². The zero-order valence-electron chi connectivity index (χ0n) is 16.3. The molecule has 0 saturated heterocycles. The number of carbonyl (C=O) groups is 1. The third-order valence-corrected chi connectivity index (χ3v) is 5.92. The predicted octanol–water partition coefficient (Wildman–Crippen LogP) is 4.76. The molecule has 4 rings (SSSR count). The summed E-state index contributed by atoms with van der Waals surface area (Å²) in [5, 5.41) is 0.566. The third-order valence-electron chi connectivity index (χ3n) is 4.41. The smallest absolute Gasteiger partial charge is 0.363 e. The summed E-state index contributed by atoms with van der Waals surface area (Å²) in [6.45, 7) is 1.87. The van der Waals surface area contributed by atoms with Gasteiger partial charge in [-0.05, 0) is 67.1 Å². The number of aliphatic imine (C=N–C) groups is 1. The average Bonchev–Trinajstić information content (AvgIpc) is 3.10. The largest absolute Gasteiger partial charge is 0.402 e. The van der Waals surface area contributed by atoms with Crippen LogP contribution in [0.2, 0.25) is 5.02 Å². The molecule has 3 aromatic rings. The molecule has 1 aliphatic heterocycles. The summed E-state index contributed by atoms with van der Waals surface area (Å²) in [4.78, 5) is 16.4. The van der Waals surface area contributed by atoms with Crippen LogP contribution in [-0.4, -0.2) is 20.3 Å². The molecule has 0 fully saturated rings. The van der Waals surface area contributed by atoms with Gasteiger partial charge in [0.2, 0.25) is 5.90 Å². The molecule has 0 atom stereocenters. The quantitative estimate of drug-likeness (QED) is 0.316. The number of ether oxygens (including phenoxy) is 1. The summed E-state index contributed by atoms with van der Waals surface area (Å²) in [5.74, 6) is -0.230. The zero-order valence-corrected chi connectivity index (χ0v) is 17.9. The van der Waals surface area contributed by atoms with E-state index in [0.717, 1.165) is 5.56 Å². The summed E-state index contributed by atoms with van der Waals surface area (Å²) in [5.41, 5.74) is 2.34. The van der Waals surface area contributed by atoms with Crippen molar-refractivity contribution >= 4 is 39.7 Å². The Bertz CT molecular complexity index is 1290. The predicted molar refractivity (Wildman–Crippen MR) is 117 cm³/mol. The van der Waals surface area contributed by atoms with E-state index in [0.29, 0.717) is 16.1 Å². The van der Waals surface area contributed by atoms with Gasteiger partial charge in [-0.3, -0.25) is 0 Å². The van der Waals surface area contributed by atoms with Crippen LogP contribution in [0.25, 0.3) is 6.08 Å². The van der Waals surface area contributed by atoms with Crippen LogP contribution >= 0.6 is 11.6 Å². The van der Waals surface area contributed by atoms with Crippen molar-refractivity contribution in [3.63, 3.8) is 0 Å². The third kappa shape index (κ3) is 4.84. The van der Waals surface area contributed by atoms with Crippen molar-refractivity contribution in [2.45, 2.75) is 11.8 Å². The van der Waals surface area contributed by atoms with Crippen molar-refractivity contribution in [1.29, 1.82) is 0 Å². The van der Waals surface area contributed by atoms with Crippen LogP contribution in [0.3, 0.4) is 0 Å². The molecular weight excluding hydrogens is 438 g/mol. The Hall–Kier alpha value is -3.42. The minimum atomic E-state index is -3.94. The molecule has 0 spiro atoms. The molecule has 3 aromatic carbocycles. The highest BCUT2D eigenvalue weighted by molar-refractivity contribution is 7.87. The summed E-state index contributed by atoms with van der Waals surface area (Å²) in [6.07, 6.45) is 1.55. The van der Waals surface area contributed by atoms with E-state index in [1.807, 2.05) is 6.92 Å². The minimum Gasteiger partial charge on any atom is -0.402 e. The van der Waals surface area contributed by atoms with Gasteiger partial charge >= 0.3 is 16.1 Å². The van der Waals surface area contributed by atoms with Crippen molar-refractivity contribution in [3.8, 4) is 5.75 Å². The molecule has 8 heteroatoms. The Balaban J connectivity index is 1.51. The topological polar surface area (TPSA) is 82.0 Å². The molecule has 6 nitrogen and oxygen atoms in total. The lowest BCUT2D eigenvalue weighted by molar-refractivity contribution is -0.129. The highest BCUT2D eigenvalue weighted by atomic mass is 35.5. The second kappa shape index (κ2) is 8.37. The number of rotatable bonds is 5. The van der Waals surface area contributed by atoms with E-state index in [1.54, 1.807) is 54.6 Å². The summed E-state index contributed by atoms with van der Waals surface area (Å²) in [7, 11) is -3.94. The van der Waals surface area contributed by atoms with Gasteiger partial charge in [0.25, 0.3) is 0 Å². The lowest BCUT2D eigenvalue weighted by atomic mass is 10.2. The first-order valence-electron chi connectivity index (χ1n) is 9.20. The lowest BCUT2D eigenvalue weighted by Crippen LogP contribution is -2.09. The lowest BCUT2D eigenvalue weighted by Gasteiger charge is -2.07. The maximum absolute atomic E-state index is 12.4. The van der Waals surface area contributed by atoms with Crippen LogP contribution in [0.4, 0.5) is 0 Å². The summed E-state index contributed by atoms with van der Waals surface area (Å²) in [6, 6.07) is 19.4. The molecule has 0 unspecified atom stereocenters. The summed E-state index contributed by atoms with van der Waals surface area (Å²) < 4.78 is 35.2. The number of benzene rings is 3. The number of cyclic esters (lactones) is 1. The van der Waals surface area contributed by atoms with Crippen molar-refractivity contribution in [3.05, 3.63) is 100 Å². The van der Waals surface area contributed by atoms with Crippen LogP contribution in [0.15, 0.2) is 88.4 Å². The van der Waals surface area contributed by atoms with Crippen molar-refractivity contribution in [2.24, 2.45) is 4.99 Å². The monoisotopic (exact) mass is 453 g/mol. The fourth-order valence-electron chi connectivity index (χ4n) is 2.78. The van der Waals surface area contributed by atoms with E-state index in [2.05, 4.69) is 4.99 Å². The maximum Gasteiger partial charge on any atom is 0.363 e. The number of aryl methyl sites for hydroxylation is 1. The van der Waals surface area contributed by atoms with E-state index < -0.39 is 16.1 Å². The first-order valence-corrected chi connectivity index (χ1v) is 11.0. The van der Waals surface area contributed by atoms with Crippen LogP contribution < -0.4 is 4.18 Å². The fraction of sp³-hybridized carbons (Fsp3) is 0.0435. The first kappa shape index (κ1) is 20.8. The highest BCUT2D eigenvalue weighted by Crippen LogP contribution is 2.23. The van der Waals surface area contributed by atoms with E-state index in [9.17, 15) is 13.2 Å². The van der Waals surface area contributed by atoms with Crippen LogP contribution in [0, 0.1) is 6.92 Å². The number of halogens is 1. The molecule has 0 radical (unpaired) electrons. The molecule has 0 amide bonds. The Kier molecular flexibility index (Phi) is 5.63. The Morgan fingerprint density at radius 3 is 2.23 bits per heavy atom. The zero-order chi connectivity index (χ0) is 22.0. The SMILES string of the molecule is Cc1ccc(S(=O)(=O)Oc2ccc(C=C3N=C(c4ccc(Cl)cc4)OC3=O)cc2)cc1. The summed E-state index contributed by atoms with van der Waals surface area (Å²) >= 11 is 5.87. The van der Waals surface area contributed by atoms with Gasteiger partial charge in [0.1, 0.15) is 10.6 Å². The molecule has 0 aliphatic carbocycles. The average molecular weight is 454 g/mol. The van der Waals surface area contributed by atoms with Gasteiger partial charge in [-0.15, -0.1) is 0 Å². The highest BCUT2D eigenvalue weighted by Gasteiger charge is 2.24. The number of hydrogen-bond acceptors (Lipinski definition) is 6. The number of carbonyl (C=O) groups excluding carboxylic acids is 1. The standard InChI is InChI=1S/C23H16ClNO5S/c1-15-2-12-20(13-3-15)31(27,28)30-19-10-4-16(5-11-19)14-21-23(26)29-22(25-21)17-6-8-18(24)9-7-17/h2-14H,1H3. The number of nitrogens with zero attached hydrogens (tertiary/aromatic N) is 1. The molecular formula is C23H16ClNO5S. The molecule has 1 aliphatic rings. The van der Waals surface area contributed by atoms with Crippen LogP contribution in [0.1, 0.15) is 16.7 Å². The van der Waals surface area contributed by atoms with E-state index in [-0.39, 0.29) is 22.2 Å². The number of esters is 1. The van der Waals surface area contributed by atoms with E-state index in [1.165, 1.54) is 24.3 Å². The van der Waals surface area contributed by atoms with E-state index in [4.69, 9.17) is 20.5 Å². The van der Waals surface area contributed by atoms with Crippen LogP contribution in [0.5, 0.6) is 5.75 Å². The second-order valence-electron chi connectivity index (χ2n) is 6.76. The minimum absolute atomic E-state index is 0.0714. The van der Waals surface area contributed by atoms with Gasteiger partial charge in [0.05, 0.1) is 0 Å². The van der Waals surface area contributed by atoms with Gasteiger partial charge in [0, 0.05) is 10.6 Å². The second-order valence-corrected chi connectivity index (χ2v) is 8.75. The van der Waals surface area contributed by atoms with Crippen LogP contribution in [-0.2, 0) is 19.6 Å². The molecule has 0 N–H and O–H groups in total. The Morgan fingerprint density at radius 1 is 0.935 bits per heavy atom. The molecule has 1 heterocycles.